The molecular weight excluding hydrogens is 416 g/mol. The van der Waals surface area contributed by atoms with E-state index in [0.717, 1.165) is 6.42 Å². The smallest absolute Gasteiger partial charge is 0.338 e. The van der Waals surface area contributed by atoms with Gasteiger partial charge in [-0.15, -0.1) is 0 Å². The Labute approximate surface area is 186 Å². The molecule has 0 atom stereocenters. The summed E-state index contributed by atoms with van der Waals surface area (Å²) in [6, 6.07) is 13.0. The van der Waals surface area contributed by atoms with Crippen LogP contribution in [0.2, 0.25) is 0 Å². The summed E-state index contributed by atoms with van der Waals surface area (Å²) in [4.78, 5) is 47.5. The first kappa shape index (κ1) is 24.4. The number of carbonyl (C=O) groups is 4. The summed E-state index contributed by atoms with van der Waals surface area (Å²) in [7, 11) is 1.49. The number of esters is 2. The Morgan fingerprint density at radius 1 is 0.844 bits per heavy atom. The molecule has 0 saturated carbocycles. The summed E-state index contributed by atoms with van der Waals surface area (Å²) in [6.07, 6.45) is 0.446. The lowest BCUT2D eigenvalue weighted by molar-refractivity contribution is -0.147. The predicted molar refractivity (Wildman–Crippen MR) is 117 cm³/mol. The molecule has 2 N–H and O–H groups in total. The van der Waals surface area contributed by atoms with Crippen LogP contribution in [0, 0.1) is 0 Å². The van der Waals surface area contributed by atoms with Crippen LogP contribution in [-0.2, 0) is 23.9 Å². The molecule has 32 heavy (non-hydrogen) atoms. The van der Waals surface area contributed by atoms with Crippen LogP contribution in [-0.4, -0.2) is 44.1 Å². The molecule has 2 aromatic rings. The van der Waals surface area contributed by atoms with Gasteiger partial charge < -0.3 is 24.8 Å². The topological polar surface area (TPSA) is 120 Å². The first-order chi connectivity index (χ1) is 15.4. The average molecular weight is 442 g/mol. The molecule has 170 valence electrons. The van der Waals surface area contributed by atoms with E-state index >= 15 is 0 Å². The zero-order valence-corrected chi connectivity index (χ0v) is 18.0. The second kappa shape index (κ2) is 12.7. The fourth-order valence-corrected chi connectivity index (χ4v) is 2.56. The third-order valence-corrected chi connectivity index (χ3v) is 4.14. The number of rotatable bonds is 11. The van der Waals surface area contributed by atoms with E-state index in [4.69, 9.17) is 14.2 Å². The molecule has 2 aromatic carbocycles. The SMILES string of the molecule is CCCOC(=O)c1ccc(NC(=O)COC(=O)CCC(=O)Nc2ccccc2OC)cc1. The van der Waals surface area contributed by atoms with Gasteiger partial charge in [0.25, 0.3) is 5.91 Å². The Morgan fingerprint density at radius 3 is 2.25 bits per heavy atom. The van der Waals surface area contributed by atoms with Crippen LogP contribution >= 0.6 is 0 Å². The minimum atomic E-state index is -0.677. The quantitative estimate of drug-likeness (QED) is 0.513. The Kier molecular flexibility index (Phi) is 9.70. The van der Waals surface area contributed by atoms with E-state index in [0.29, 0.717) is 29.3 Å². The van der Waals surface area contributed by atoms with Crippen molar-refractivity contribution in [2.45, 2.75) is 26.2 Å². The summed E-state index contributed by atoms with van der Waals surface area (Å²) in [5.74, 6) is -1.53. The zero-order chi connectivity index (χ0) is 23.3. The van der Waals surface area contributed by atoms with Crippen molar-refractivity contribution in [3.63, 3.8) is 0 Å². The van der Waals surface area contributed by atoms with Crippen molar-refractivity contribution >= 4 is 35.1 Å². The van der Waals surface area contributed by atoms with Crippen molar-refractivity contribution in [3.05, 3.63) is 54.1 Å². The van der Waals surface area contributed by atoms with Crippen molar-refractivity contribution in [1.82, 2.24) is 0 Å². The largest absolute Gasteiger partial charge is 0.495 e. The van der Waals surface area contributed by atoms with Crippen LogP contribution in [0.5, 0.6) is 5.75 Å². The molecule has 0 unspecified atom stereocenters. The molecule has 9 nitrogen and oxygen atoms in total. The third kappa shape index (κ3) is 8.10. The first-order valence-electron chi connectivity index (χ1n) is 10.1. The lowest BCUT2D eigenvalue weighted by atomic mass is 10.2. The number of hydrogen-bond acceptors (Lipinski definition) is 7. The Balaban J connectivity index is 1.70. The van der Waals surface area contributed by atoms with Gasteiger partial charge in [0.2, 0.25) is 5.91 Å². The standard InChI is InChI=1S/C23H26N2O7/c1-3-14-31-23(29)16-8-10-17(11-9-16)24-21(27)15-32-22(28)13-12-20(26)25-18-6-4-5-7-19(18)30-2/h4-11H,3,12-15H2,1-2H3,(H,24,27)(H,25,26). The average Bonchev–Trinajstić information content (AvgIpc) is 2.80. The highest BCUT2D eigenvalue weighted by atomic mass is 16.5. The summed E-state index contributed by atoms with van der Waals surface area (Å²) in [5, 5.41) is 5.21. The summed E-state index contributed by atoms with van der Waals surface area (Å²) in [5.41, 5.74) is 1.31. The van der Waals surface area contributed by atoms with Crippen molar-refractivity contribution in [1.29, 1.82) is 0 Å². The second-order valence-corrected chi connectivity index (χ2v) is 6.67. The summed E-state index contributed by atoms with van der Waals surface area (Å²) < 4.78 is 15.1. The Hall–Kier alpha value is -3.88. The van der Waals surface area contributed by atoms with Gasteiger partial charge in [0.1, 0.15) is 5.75 Å². The fraction of sp³-hybridized carbons (Fsp3) is 0.304. The molecular formula is C23H26N2O7. The van der Waals surface area contributed by atoms with Gasteiger partial charge in [-0.3, -0.25) is 14.4 Å². The lowest BCUT2D eigenvalue weighted by Gasteiger charge is -2.10. The molecule has 0 bridgehead atoms. The number of anilines is 2. The van der Waals surface area contributed by atoms with Gasteiger partial charge in [-0.1, -0.05) is 19.1 Å². The van der Waals surface area contributed by atoms with Crippen LogP contribution in [0.3, 0.4) is 0 Å². The second-order valence-electron chi connectivity index (χ2n) is 6.67. The van der Waals surface area contributed by atoms with Gasteiger partial charge in [-0.25, -0.2) is 4.79 Å². The van der Waals surface area contributed by atoms with E-state index in [1.165, 1.54) is 19.2 Å². The van der Waals surface area contributed by atoms with E-state index in [1.54, 1.807) is 36.4 Å². The molecule has 0 spiro atoms. The number of hydrogen-bond donors (Lipinski definition) is 2. The minimum absolute atomic E-state index is 0.103. The van der Waals surface area contributed by atoms with E-state index < -0.39 is 24.5 Å². The highest BCUT2D eigenvalue weighted by Crippen LogP contribution is 2.23. The van der Waals surface area contributed by atoms with Crippen LogP contribution in [0.15, 0.2) is 48.5 Å². The monoisotopic (exact) mass is 442 g/mol. The van der Waals surface area contributed by atoms with Crippen molar-refractivity contribution in [2.24, 2.45) is 0 Å². The van der Waals surface area contributed by atoms with Gasteiger partial charge in [-0.2, -0.15) is 0 Å². The van der Waals surface area contributed by atoms with E-state index in [2.05, 4.69) is 10.6 Å². The summed E-state index contributed by atoms with van der Waals surface area (Å²) in [6.45, 7) is 1.74. The molecule has 0 radical (unpaired) electrons. The van der Waals surface area contributed by atoms with Crippen LogP contribution in [0.25, 0.3) is 0 Å². The van der Waals surface area contributed by atoms with Gasteiger partial charge in [0.15, 0.2) is 6.61 Å². The molecule has 9 heteroatoms. The minimum Gasteiger partial charge on any atom is -0.495 e. The predicted octanol–water partition coefficient (Wildman–Crippen LogP) is 3.16. The molecule has 0 aliphatic rings. The van der Waals surface area contributed by atoms with Crippen LogP contribution in [0.4, 0.5) is 11.4 Å². The van der Waals surface area contributed by atoms with Crippen molar-refractivity contribution in [3.8, 4) is 5.75 Å². The van der Waals surface area contributed by atoms with Gasteiger partial charge in [-0.05, 0) is 42.8 Å². The molecule has 2 rings (SSSR count). The highest BCUT2D eigenvalue weighted by molar-refractivity contribution is 5.95. The van der Waals surface area contributed by atoms with Crippen LogP contribution < -0.4 is 15.4 Å². The molecule has 0 aliphatic heterocycles. The first-order valence-corrected chi connectivity index (χ1v) is 10.1. The molecule has 0 saturated heterocycles. The number of para-hydroxylation sites is 2. The van der Waals surface area contributed by atoms with E-state index in [1.807, 2.05) is 6.92 Å². The normalized spacial score (nSPS) is 10.1. The van der Waals surface area contributed by atoms with E-state index in [9.17, 15) is 19.2 Å². The Bertz CT molecular complexity index is 942. The van der Waals surface area contributed by atoms with Crippen molar-refractivity contribution in [2.75, 3.05) is 31.0 Å². The molecule has 0 fully saturated rings. The Morgan fingerprint density at radius 2 is 1.56 bits per heavy atom. The maximum Gasteiger partial charge on any atom is 0.338 e. The van der Waals surface area contributed by atoms with Crippen LogP contribution in [0.1, 0.15) is 36.5 Å². The highest BCUT2D eigenvalue weighted by Gasteiger charge is 2.13. The van der Waals surface area contributed by atoms with Gasteiger partial charge in [0.05, 0.1) is 31.4 Å². The number of methoxy groups -OCH3 is 1. The number of carbonyl (C=O) groups excluding carboxylic acids is 4. The zero-order valence-electron chi connectivity index (χ0n) is 18.0. The number of ether oxygens (including phenoxy) is 3. The number of amides is 2. The maximum absolute atomic E-state index is 12.0. The molecule has 0 heterocycles. The molecule has 2 amide bonds. The van der Waals surface area contributed by atoms with Gasteiger partial charge in [0, 0.05) is 12.1 Å². The fourth-order valence-electron chi connectivity index (χ4n) is 2.56. The summed E-state index contributed by atoms with van der Waals surface area (Å²) >= 11 is 0. The molecule has 0 aromatic heterocycles. The number of nitrogens with one attached hydrogen (secondary N) is 2. The number of benzene rings is 2. The lowest BCUT2D eigenvalue weighted by Crippen LogP contribution is -2.22. The van der Waals surface area contributed by atoms with E-state index in [-0.39, 0.29) is 18.7 Å². The molecule has 0 aliphatic carbocycles. The van der Waals surface area contributed by atoms with Crippen molar-refractivity contribution < 1.29 is 33.4 Å². The third-order valence-electron chi connectivity index (χ3n) is 4.14. The maximum atomic E-state index is 12.0. The van der Waals surface area contributed by atoms with Gasteiger partial charge >= 0.3 is 11.9 Å².